The van der Waals surface area contributed by atoms with Gasteiger partial charge in [-0.1, -0.05) is 80.9 Å². The summed E-state index contributed by atoms with van der Waals surface area (Å²) in [4.78, 5) is 44.0. The van der Waals surface area contributed by atoms with Crippen LogP contribution in [0.1, 0.15) is 44.4 Å². The van der Waals surface area contributed by atoms with Crippen LogP contribution in [-0.4, -0.2) is 70.0 Å². The maximum atomic E-state index is 13.8. The number of fused-ring (bicyclic) bond motifs is 1. The molecule has 0 aromatic heterocycles. The van der Waals surface area contributed by atoms with Crippen LogP contribution < -0.4 is 5.32 Å². The summed E-state index contributed by atoms with van der Waals surface area (Å²) in [6.45, 7) is 6.70. The van der Waals surface area contributed by atoms with Crippen LogP contribution in [0.4, 0.5) is 4.79 Å². The molecule has 4 amide bonds. The van der Waals surface area contributed by atoms with E-state index in [9.17, 15) is 14.4 Å². The summed E-state index contributed by atoms with van der Waals surface area (Å²) < 4.78 is 0. The molecular weight excluding hydrogens is 442 g/mol. The highest BCUT2D eigenvalue weighted by molar-refractivity contribution is 5.92. The molecule has 2 heterocycles. The Kier molecular flexibility index (Phi) is 7.40. The van der Waals surface area contributed by atoms with E-state index < -0.39 is 12.2 Å². The first-order valence-corrected chi connectivity index (χ1v) is 12.3. The predicted molar refractivity (Wildman–Crippen MR) is 134 cm³/mol. The maximum Gasteiger partial charge on any atom is 0.334 e. The van der Waals surface area contributed by atoms with Crippen molar-refractivity contribution in [3.05, 3.63) is 71.8 Å². The van der Waals surface area contributed by atoms with E-state index in [4.69, 9.17) is 0 Å². The minimum Gasteiger partial charge on any atom is -0.333 e. The van der Waals surface area contributed by atoms with Crippen molar-refractivity contribution in [2.75, 3.05) is 20.1 Å². The minimum absolute atomic E-state index is 0.0441. The smallest absolute Gasteiger partial charge is 0.333 e. The zero-order valence-electron chi connectivity index (χ0n) is 20.9. The highest BCUT2D eigenvalue weighted by Gasteiger charge is 2.52. The van der Waals surface area contributed by atoms with Gasteiger partial charge < -0.3 is 15.1 Å². The number of amides is 4. The first kappa shape index (κ1) is 24.7. The normalized spacial score (nSPS) is 22.6. The van der Waals surface area contributed by atoms with Gasteiger partial charge in [-0.25, -0.2) is 14.8 Å². The molecule has 35 heavy (non-hydrogen) atoms. The lowest BCUT2D eigenvalue weighted by Crippen LogP contribution is -2.76. The zero-order valence-corrected chi connectivity index (χ0v) is 20.9. The van der Waals surface area contributed by atoms with Crippen molar-refractivity contribution >= 4 is 17.8 Å². The largest absolute Gasteiger partial charge is 0.334 e. The zero-order chi connectivity index (χ0) is 25.1. The first-order chi connectivity index (χ1) is 16.8. The monoisotopic (exact) mass is 477 g/mol. The number of carbonyl (C=O) groups is 3. The molecule has 0 bridgehead atoms. The number of likely N-dealkylation sites (N-methyl/N-ethyl adjacent to an activating group) is 1. The standard InChI is InChI=1S/C27H35N5O3/c1-5-19(2)25-26(34)30(20(3)22-14-10-7-11-15-22)17-23-31(25)24(33)18-29(4)32(23)27(35)28-16-21-12-8-6-9-13-21/h6-15,19-20,23,25H,5,16-18H2,1-4H3,(H,28,35)/t19-,20?,23?,25?/m1/s1. The second-order valence-electron chi connectivity index (χ2n) is 9.49. The van der Waals surface area contributed by atoms with Gasteiger partial charge in [-0.3, -0.25) is 9.59 Å². The fourth-order valence-corrected chi connectivity index (χ4v) is 5.07. The molecule has 2 saturated heterocycles. The molecule has 3 unspecified atom stereocenters. The molecule has 4 atom stereocenters. The highest BCUT2D eigenvalue weighted by Crippen LogP contribution is 2.34. The van der Waals surface area contributed by atoms with E-state index >= 15 is 0 Å². The Bertz CT molecular complexity index is 1050. The molecule has 0 saturated carbocycles. The van der Waals surface area contributed by atoms with Crippen molar-refractivity contribution in [3.63, 3.8) is 0 Å². The third-order valence-electron chi connectivity index (χ3n) is 7.25. The number of carbonyl (C=O) groups excluding carboxylic acids is 3. The second kappa shape index (κ2) is 10.5. The lowest BCUT2D eigenvalue weighted by molar-refractivity contribution is -0.192. The molecule has 186 valence electrons. The number of piperazine rings is 1. The highest BCUT2D eigenvalue weighted by atomic mass is 16.2. The number of benzene rings is 2. The minimum atomic E-state index is -0.615. The molecule has 2 aliphatic heterocycles. The molecule has 0 aliphatic carbocycles. The van der Waals surface area contributed by atoms with E-state index in [1.165, 1.54) is 0 Å². The van der Waals surface area contributed by atoms with Gasteiger partial charge in [0.1, 0.15) is 12.2 Å². The lowest BCUT2D eigenvalue weighted by Gasteiger charge is -2.56. The molecule has 2 fully saturated rings. The van der Waals surface area contributed by atoms with Gasteiger partial charge in [-0.05, 0) is 24.0 Å². The van der Waals surface area contributed by atoms with Crippen molar-refractivity contribution in [2.24, 2.45) is 5.92 Å². The van der Waals surface area contributed by atoms with Gasteiger partial charge in [0.2, 0.25) is 11.8 Å². The van der Waals surface area contributed by atoms with Gasteiger partial charge >= 0.3 is 6.03 Å². The average molecular weight is 478 g/mol. The van der Waals surface area contributed by atoms with Crippen molar-refractivity contribution in [1.82, 2.24) is 25.1 Å². The number of nitrogens with one attached hydrogen (secondary N) is 1. The fraction of sp³-hybridized carbons (Fsp3) is 0.444. The topological polar surface area (TPSA) is 76.2 Å². The Labute approximate surface area is 207 Å². The van der Waals surface area contributed by atoms with Gasteiger partial charge in [0.05, 0.1) is 19.1 Å². The van der Waals surface area contributed by atoms with Gasteiger partial charge in [0.25, 0.3) is 0 Å². The van der Waals surface area contributed by atoms with E-state index in [1.54, 1.807) is 22.0 Å². The van der Waals surface area contributed by atoms with Crippen LogP contribution in [0.25, 0.3) is 0 Å². The van der Waals surface area contributed by atoms with E-state index in [1.807, 2.05) is 86.3 Å². The fourth-order valence-electron chi connectivity index (χ4n) is 5.07. The molecule has 2 aromatic rings. The lowest BCUT2D eigenvalue weighted by atomic mass is 9.91. The molecule has 2 aliphatic rings. The van der Waals surface area contributed by atoms with Gasteiger partial charge in [-0.15, -0.1) is 0 Å². The Morgan fingerprint density at radius 1 is 1.03 bits per heavy atom. The molecule has 0 spiro atoms. The molecule has 8 nitrogen and oxygen atoms in total. The van der Waals surface area contributed by atoms with Crippen molar-refractivity contribution in [3.8, 4) is 0 Å². The predicted octanol–water partition coefficient (Wildman–Crippen LogP) is 3.23. The molecule has 0 radical (unpaired) electrons. The van der Waals surface area contributed by atoms with E-state index in [2.05, 4.69) is 5.32 Å². The number of rotatable bonds is 6. The van der Waals surface area contributed by atoms with Crippen LogP contribution in [0.2, 0.25) is 0 Å². The molecule has 1 N–H and O–H groups in total. The number of hydrazine groups is 1. The van der Waals surface area contributed by atoms with E-state index in [0.717, 1.165) is 17.5 Å². The maximum absolute atomic E-state index is 13.8. The third kappa shape index (κ3) is 4.89. The summed E-state index contributed by atoms with van der Waals surface area (Å²) in [7, 11) is 1.75. The number of hydrogen-bond donors (Lipinski definition) is 1. The Morgan fingerprint density at radius 2 is 1.66 bits per heavy atom. The summed E-state index contributed by atoms with van der Waals surface area (Å²) in [5.74, 6) is -0.234. The first-order valence-electron chi connectivity index (χ1n) is 12.3. The van der Waals surface area contributed by atoms with Crippen molar-refractivity contribution in [1.29, 1.82) is 0 Å². The van der Waals surface area contributed by atoms with Crippen molar-refractivity contribution < 1.29 is 14.4 Å². The summed E-state index contributed by atoms with van der Waals surface area (Å²) in [5.41, 5.74) is 2.01. The Morgan fingerprint density at radius 3 is 2.29 bits per heavy atom. The van der Waals surface area contributed by atoms with Crippen molar-refractivity contribution in [2.45, 2.75) is 52.0 Å². The number of nitrogens with zero attached hydrogens (tertiary/aromatic N) is 4. The van der Waals surface area contributed by atoms with Gasteiger partial charge in [-0.2, -0.15) is 0 Å². The Balaban J connectivity index is 1.66. The molecule has 8 heteroatoms. The van der Waals surface area contributed by atoms with Crippen LogP contribution >= 0.6 is 0 Å². The molecular formula is C27H35N5O3. The van der Waals surface area contributed by atoms with E-state index in [0.29, 0.717) is 6.54 Å². The quantitative estimate of drug-likeness (QED) is 0.693. The SMILES string of the molecule is CC[C@@H](C)C1C(=O)N(C(C)c2ccccc2)CC2N1C(=O)CN(C)N2C(=O)NCc1ccccc1. The summed E-state index contributed by atoms with van der Waals surface area (Å²) >= 11 is 0. The average Bonchev–Trinajstić information content (AvgIpc) is 2.87. The number of urea groups is 1. The third-order valence-corrected chi connectivity index (χ3v) is 7.25. The number of hydrogen-bond acceptors (Lipinski definition) is 4. The molecule has 4 rings (SSSR count). The van der Waals surface area contributed by atoms with Gasteiger partial charge in [0.15, 0.2) is 0 Å². The second-order valence-corrected chi connectivity index (χ2v) is 9.49. The van der Waals surface area contributed by atoms with Gasteiger partial charge in [0, 0.05) is 13.6 Å². The van der Waals surface area contributed by atoms with E-state index in [-0.39, 0.29) is 42.9 Å². The van der Waals surface area contributed by atoms with Crippen LogP contribution in [0, 0.1) is 5.92 Å². The summed E-state index contributed by atoms with van der Waals surface area (Å²) in [6.07, 6.45) is 0.163. The van der Waals surface area contributed by atoms with Crippen LogP contribution in [-0.2, 0) is 16.1 Å². The van der Waals surface area contributed by atoms with Crippen LogP contribution in [0.15, 0.2) is 60.7 Å². The summed E-state index contributed by atoms with van der Waals surface area (Å²) in [6, 6.07) is 18.5. The summed E-state index contributed by atoms with van der Waals surface area (Å²) in [5, 5.41) is 6.27. The Hall–Kier alpha value is -3.39. The van der Waals surface area contributed by atoms with Crippen LogP contribution in [0.3, 0.4) is 0 Å². The molecule has 2 aromatic carbocycles. The van der Waals surface area contributed by atoms with Crippen LogP contribution in [0.5, 0.6) is 0 Å².